The molecule has 2 N–H and O–H groups in total. The maximum absolute atomic E-state index is 14.2. The number of urea groups is 1. The lowest BCUT2D eigenvalue weighted by Crippen LogP contribution is -2.65. The van der Waals surface area contributed by atoms with Crippen molar-refractivity contribution < 1.29 is 18.8 Å². The quantitative estimate of drug-likeness (QED) is 0.649. The summed E-state index contributed by atoms with van der Waals surface area (Å²) < 4.78 is 13.2. The van der Waals surface area contributed by atoms with Crippen molar-refractivity contribution in [3.63, 3.8) is 0 Å². The Hall–Kier alpha value is -3.42. The predicted molar refractivity (Wildman–Crippen MR) is 131 cm³/mol. The summed E-state index contributed by atoms with van der Waals surface area (Å²) in [5.41, 5.74) is 1.44. The number of hydrogen-bond donors (Lipinski definition) is 2. The zero-order valence-electron chi connectivity index (χ0n) is 19.7. The fraction of sp³-hybridized carbons (Fsp3) is 0.444. The monoisotopic (exact) mass is 476 g/mol. The van der Waals surface area contributed by atoms with E-state index in [1.54, 1.807) is 7.05 Å². The first-order valence-electron chi connectivity index (χ1n) is 12.4. The molecule has 7 nitrogen and oxygen atoms in total. The molecule has 0 aromatic heterocycles. The van der Waals surface area contributed by atoms with Crippen LogP contribution in [0.2, 0.25) is 0 Å². The first kappa shape index (κ1) is 22.1. The minimum atomic E-state index is -1.36. The molecular weight excluding hydrogens is 447 g/mol. The molecule has 0 saturated heterocycles. The van der Waals surface area contributed by atoms with E-state index in [0.717, 1.165) is 24.9 Å². The number of halogens is 1. The summed E-state index contributed by atoms with van der Waals surface area (Å²) in [5, 5.41) is 5.23. The highest BCUT2D eigenvalue weighted by Crippen LogP contribution is 2.59. The van der Waals surface area contributed by atoms with E-state index in [0.29, 0.717) is 29.1 Å². The third kappa shape index (κ3) is 3.66. The standard InChI is InChI=1S/C27H29FN4O3/c1-31-21-4-2-3-5-22(21)32(27-13-16-10-17(14-27)12-18(11-16)15-27)25(34)23(24(31)33)30-26(35)29-20-8-6-19(28)7-9-20/h2-9,16-18,23H,10-15H2,1H3,(H2,29,30,35). The van der Waals surface area contributed by atoms with E-state index in [4.69, 9.17) is 0 Å². The fourth-order valence-electron chi connectivity index (χ4n) is 7.39. The number of anilines is 3. The first-order valence-corrected chi connectivity index (χ1v) is 12.4. The van der Waals surface area contributed by atoms with Crippen molar-refractivity contribution in [2.75, 3.05) is 22.2 Å². The van der Waals surface area contributed by atoms with Gasteiger partial charge in [0.15, 0.2) is 6.04 Å². The number of para-hydroxylation sites is 2. The second-order valence-corrected chi connectivity index (χ2v) is 10.7. The van der Waals surface area contributed by atoms with Gasteiger partial charge >= 0.3 is 6.03 Å². The van der Waals surface area contributed by atoms with Gasteiger partial charge in [0.05, 0.1) is 11.4 Å². The van der Waals surface area contributed by atoms with Gasteiger partial charge < -0.3 is 20.4 Å². The van der Waals surface area contributed by atoms with Crippen molar-refractivity contribution in [2.24, 2.45) is 17.8 Å². The van der Waals surface area contributed by atoms with E-state index in [9.17, 15) is 18.8 Å². The number of carbonyl (C=O) groups is 3. The first-order chi connectivity index (χ1) is 16.8. The van der Waals surface area contributed by atoms with Crippen LogP contribution in [0.1, 0.15) is 38.5 Å². The van der Waals surface area contributed by atoms with Gasteiger partial charge in [0.25, 0.3) is 11.8 Å². The van der Waals surface area contributed by atoms with Gasteiger partial charge in [0.2, 0.25) is 0 Å². The molecule has 1 atom stereocenters. The topological polar surface area (TPSA) is 81.8 Å². The van der Waals surface area contributed by atoms with Crippen LogP contribution in [0.25, 0.3) is 0 Å². The van der Waals surface area contributed by atoms with Crippen LogP contribution in [0.15, 0.2) is 48.5 Å². The van der Waals surface area contributed by atoms with Gasteiger partial charge in [-0.3, -0.25) is 9.59 Å². The molecule has 1 aliphatic heterocycles. The van der Waals surface area contributed by atoms with Crippen LogP contribution in [0.4, 0.5) is 26.2 Å². The minimum Gasteiger partial charge on any atom is -0.318 e. The van der Waals surface area contributed by atoms with E-state index in [2.05, 4.69) is 10.6 Å². The number of carbonyl (C=O) groups excluding carboxylic acids is 3. The van der Waals surface area contributed by atoms with Crippen LogP contribution in [0.5, 0.6) is 0 Å². The molecule has 182 valence electrons. The Bertz CT molecular complexity index is 1160. The second kappa shape index (κ2) is 8.07. The van der Waals surface area contributed by atoms with Crippen LogP contribution in [0, 0.1) is 23.6 Å². The Labute approximate surface area is 203 Å². The summed E-state index contributed by atoms with van der Waals surface area (Å²) in [7, 11) is 1.64. The zero-order valence-corrected chi connectivity index (χ0v) is 19.7. The Morgan fingerprint density at radius 2 is 1.46 bits per heavy atom. The highest BCUT2D eigenvalue weighted by Gasteiger charge is 2.57. The molecule has 7 rings (SSSR count). The average molecular weight is 477 g/mol. The molecule has 4 amide bonds. The third-order valence-electron chi connectivity index (χ3n) is 8.39. The van der Waals surface area contributed by atoms with Crippen molar-refractivity contribution in [2.45, 2.75) is 50.1 Å². The maximum Gasteiger partial charge on any atom is 0.320 e. The maximum atomic E-state index is 14.2. The Kier molecular flexibility index (Phi) is 5.09. The van der Waals surface area contributed by atoms with Crippen molar-refractivity contribution in [1.29, 1.82) is 0 Å². The summed E-state index contributed by atoms with van der Waals surface area (Å²) in [6.45, 7) is 0. The average Bonchev–Trinajstić information content (AvgIpc) is 2.89. The van der Waals surface area contributed by atoms with Crippen LogP contribution in [-0.2, 0) is 9.59 Å². The van der Waals surface area contributed by atoms with E-state index >= 15 is 0 Å². The van der Waals surface area contributed by atoms with E-state index < -0.39 is 23.8 Å². The van der Waals surface area contributed by atoms with Gasteiger partial charge in [-0.2, -0.15) is 0 Å². The van der Waals surface area contributed by atoms with Crippen LogP contribution < -0.4 is 20.4 Å². The molecule has 4 fully saturated rings. The van der Waals surface area contributed by atoms with Crippen molar-refractivity contribution in [3.8, 4) is 0 Å². The highest BCUT2D eigenvalue weighted by molar-refractivity contribution is 6.22. The van der Waals surface area contributed by atoms with Crippen molar-refractivity contribution >= 4 is 34.9 Å². The smallest absolute Gasteiger partial charge is 0.318 e. The SMILES string of the molecule is CN1C(=O)C(NC(=O)Nc2ccc(F)cc2)C(=O)N(C23CC4CC(CC(C4)C2)C3)c2ccccc21. The molecule has 0 spiro atoms. The van der Waals surface area contributed by atoms with Crippen LogP contribution in [-0.4, -0.2) is 36.5 Å². The molecule has 0 radical (unpaired) electrons. The summed E-state index contributed by atoms with van der Waals surface area (Å²) in [6.07, 6.45) is 6.49. The van der Waals surface area contributed by atoms with Gasteiger partial charge in [-0.05, 0) is 92.7 Å². The van der Waals surface area contributed by atoms with Crippen molar-refractivity contribution in [1.82, 2.24) is 5.32 Å². The molecule has 5 aliphatic rings. The Morgan fingerprint density at radius 3 is 2.06 bits per heavy atom. The molecule has 4 saturated carbocycles. The fourth-order valence-corrected chi connectivity index (χ4v) is 7.39. The van der Waals surface area contributed by atoms with Crippen LogP contribution >= 0.6 is 0 Å². The number of benzene rings is 2. The summed E-state index contributed by atoms with van der Waals surface area (Å²) in [5.74, 6) is 0.519. The molecule has 4 aliphatic carbocycles. The molecule has 8 heteroatoms. The lowest BCUT2D eigenvalue weighted by Gasteiger charge is -2.60. The molecule has 2 aromatic rings. The number of nitrogens with one attached hydrogen (secondary N) is 2. The van der Waals surface area contributed by atoms with Gasteiger partial charge in [0, 0.05) is 18.3 Å². The molecule has 35 heavy (non-hydrogen) atoms. The van der Waals surface area contributed by atoms with Crippen LogP contribution in [0.3, 0.4) is 0 Å². The van der Waals surface area contributed by atoms with Crippen molar-refractivity contribution in [3.05, 3.63) is 54.3 Å². The summed E-state index contributed by atoms with van der Waals surface area (Å²) in [6, 6.07) is 10.8. The largest absolute Gasteiger partial charge is 0.320 e. The Balaban J connectivity index is 1.36. The van der Waals surface area contributed by atoms with E-state index in [-0.39, 0.29) is 11.4 Å². The highest BCUT2D eigenvalue weighted by atomic mass is 19.1. The molecule has 1 unspecified atom stereocenters. The summed E-state index contributed by atoms with van der Waals surface area (Å²) in [4.78, 5) is 43.9. The predicted octanol–water partition coefficient (Wildman–Crippen LogP) is 4.29. The Morgan fingerprint density at radius 1 is 0.886 bits per heavy atom. The normalized spacial score (nSPS) is 31.3. The molecule has 4 bridgehead atoms. The molecule has 2 aromatic carbocycles. The van der Waals surface area contributed by atoms with Gasteiger partial charge in [-0.25, -0.2) is 9.18 Å². The third-order valence-corrected chi connectivity index (χ3v) is 8.39. The lowest BCUT2D eigenvalue weighted by molar-refractivity contribution is -0.130. The van der Waals surface area contributed by atoms with E-state index in [1.165, 1.54) is 48.4 Å². The number of fused-ring (bicyclic) bond motifs is 1. The number of amides is 4. The number of hydrogen-bond acceptors (Lipinski definition) is 3. The molecule has 1 heterocycles. The second-order valence-electron chi connectivity index (χ2n) is 10.7. The number of rotatable bonds is 3. The van der Waals surface area contributed by atoms with Gasteiger partial charge in [0.1, 0.15) is 5.82 Å². The lowest BCUT2D eigenvalue weighted by atomic mass is 9.52. The molecular formula is C27H29FN4O3. The van der Waals surface area contributed by atoms with E-state index in [1.807, 2.05) is 29.2 Å². The summed E-state index contributed by atoms with van der Waals surface area (Å²) >= 11 is 0. The van der Waals surface area contributed by atoms with Gasteiger partial charge in [-0.1, -0.05) is 12.1 Å². The number of likely N-dealkylation sites (N-methyl/N-ethyl adjacent to an activating group) is 1. The minimum absolute atomic E-state index is 0.333. The van der Waals surface area contributed by atoms with Gasteiger partial charge in [-0.15, -0.1) is 0 Å². The number of nitrogens with zero attached hydrogens (tertiary/aromatic N) is 2. The zero-order chi connectivity index (χ0) is 24.3.